The molecule has 48 heavy (non-hydrogen) atoms. The molecular weight excluding hydrogens is 633 g/mol. The lowest BCUT2D eigenvalue weighted by atomic mass is 9.95. The predicted octanol–water partition coefficient (Wildman–Crippen LogP) is 9.38. The van der Waals surface area contributed by atoms with E-state index in [-0.39, 0.29) is 35.1 Å². The van der Waals surface area contributed by atoms with Crippen molar-refractivity contribution < 1.29 is 28.2 Å². The molecule has 0 aromatic rings. The summed E-state index contributed by atoms with van der Waals surface area (Å²) in [5, 5.41) is 0.190. The van der Waals surface area contributed by atoms with Crippen molar-refractivity contribution in [1.82, 2.24) is 14.7 Å². The zero-order valence-electron chi connectivity index (χ0n) is 31.4. The van der Waals surface area contributed by atoms with E-state index < -0.39 is 17.5 Å². The van der Waals surface area contributed by atoms with Crippen LogP contribution < -0.4 is 0 Å². The average Bonchev–Trinajstić information content (AvgIpc) is 3.56. The first-order chi connectivity index (χ1) is 22.7. The largest absolute Gasteiger partial charge is 0.444 e. The topological polar surface area (TPSA) is 79.4 Å². The number of nitrogens with zero attached hydrogens (tertiary/aromatic N) is 3. The fourth-order valence-corrected chi connectivity index (χ4v) is 4.56. The molecule has 0 spiro atoms. The van der Waals surface area contributed by atoms with Crippen LogP contribution in [0.3, 0.4) is 0 Å². The fourth-order valence-electron chi connectivity index (χ4n) is 4.41. The van der Waals surface area contributed by atoms with Crippen LogP contribution >= 0.6 is 11.6 Å². The zero-order valence-corrected chi connectivity index (χ0v) is 32.2. The number of hydrogen-bond donors (Lipinski definition) is 0. The van der Waals surface area contributed by atoms with E-state index in [9.17, 15) is 18.8 Å². The highest BCUT2D eigenvalue weighted by Gasteiger charge is 2.37. The maximum absolute atomic E-state index is 13.1. The van der Waals surface area contributed by atoms with Gasteiger partial charge in [0.25, 0.3) is 0 Å². The van der Waals surface area contributed by atoms with Crippen LogP contribution in [0.25, 0.3) is 0 Å². The second-order valence-electron chi connectivity index (χ2n) is 10.8. The Kier molecular flexibility index (Phi) is 32.6. The quantitative estimate of drug-likeness (QED) is 0.0872. The lowest BCUT2D eigenvalue weighted by Crippen LogP contribution is -2.46. The molecule has 2 aliphatic rings. The Bertz CT molecular complexity index is 1030. The lowest BCUT2D eigenvalue weighted by molar-refractivity contribution is -0.136. The molecule has 0 radical (unpaired) electrons. The van der Waals surface area contributed by atoms with Crippen molar-refractivity contribution >= 4 is 29.7 Å². The maximum atomic E-state index is 13.1. The van der Waals surface area contributed by atoms with Crippen LogP contribution in [-0.4, -0.2) is 82.5 Å². The van der Waals surface area contributed by atoms with Crippen LogP contribution in [0.15, 0.2) is 48.5 Å². The summed E-state index contributed by atoms with van der Waals surface area (Å²) >= 11 is 5.49. The number of allylic oxidation sites excluding steroid dienone is 6. The summed E-state index contributed by atoms with van der Waals surface area (Å²) in [6, 6.07) is -0.151. The summed E-state index contributed by atoms with van der Waals surface area (Å²) < 4.78 is 23.7. The van der Waals surface area contributed by atoms with Gasteiger partial charge in [0, 0.05) is 44.0 Å². The van der Waals surface area contributed by atoms with Crippen molar-refractivity contribution in [2.75, 3.05) is 32.7 Å². The van der Waals surface area contributed by atoms with Gasteiger partial charge in [-0.1, -0.05) is 46.4 Å². The van der Waals surface area contributed by atoms with E-state index >= 15 is 0 Å². The summed E-state index contributed by atoms with van der Waals surface area (Å²) in [4.78, 5) is 43.1. The van der Waals surface area contributed by atoms with Gasteiger partial charge in [-0.2, -0.15) is 0 Å². The molecule has 2 rings (SSSR count). The molecule has 3 amide bonds. The third-order valence-electron chi connectivity index (χ3n) is 6.36. The molecule has 8 nitrogen and oxygen atoms in total. The van der Waals surface area contributed by atoms with Crippen LogP contribution in [0.2, 0.25) is 0 Å². The van der Waals surface area contributed by atoms with E-state index in [1.54, 1.807) is 27.7 Å². The van der Waals surface area contributed by atoms with Gasteiger partial charge in [-0.25, -0.2) is 14.0 Å². The minimum Gasteiger partial charge on any atom is -0.444 e. The third-order valence-corrected chi connectivity index (χ3v) is 6.51. The van der Waals surface area contributed by atoms with Gasteiger partial charge < -0.3 is 24.2 Å². The summed E-state index contributed by atoms with van der Waals surface area (Å²) in [5.74, 6) is -0.489. The van der Waals surface area contributed by atoms with Crippen molar-refractivity contribution in [2.24, 2.45) is 5.92 Å². The summed E-state index contributed by atoms with van der Waals surface area (Å²) in [5.41, 5.74) is -0.549. The molecule has 0 aromatic carbocycles. The van der Waals surface area contributed by atoms with E-state index in [0.29, 0.717) is 52.0 Å². The van der Waals surface area contributed by atoms with Gasteiger partial charge in [-0.15, -0.1) is 37.3 Å². The molecule has 274 valence electrons. The number of terminal acetylenes is 2. The molecule has 10 heteroatoms. The number of likely N-dealkylation sites (N-methyl/N-ethyl adjacent to an activating group) is 1. The second kappa shape index (κ2) is 30.6. The van der Waals surface area contributed by atoms with E-state index in [2.05, 4.69) is 32.3 Å². The highest BCUT2D eigenvalue weighted by atomic mass is 35.5. The van der Waals surface area contributed by atoms with E-state index in [4.69, 9.17) is 21.1 Å². The van der Waals surface area contributed by atoms with Crippen molar-refractivity contribution in [3.63, 3.8) is 0 Å². The van der Waals surface area contributed by atoms with Crippen LogP contribution in [0.4, 0.5) is 14.0 Å². The maximum Gasteiger partial charge on any atom is 0.415 e. The molecule has 0 N–H and O–H groups in total. The minimum absolute atomic E-state index is 0.0642. The Hall–Kier alpha value is -3.69. The van der Waals surface area contributed by atoms with Crippen molar-refractivity contribution in [1.29, 1.82) is 0 Å². The second-order valence-corrected chi connectivity index (χ2v) is 11.5. The number of piperidine rings is 1. The fraction of sp³-hybridized carbons (Fsp3) is 0.605. The number of halogens is 2. The van der Waals surface area contributed by atoms with Crippen LogP contribution in [-0.2, 0) is 14.3 Å². The summed E-state index contributed by atoms with van der Waals surface area (Å²) in [6.45, 7) is 26.5. The molecule has 0 aliphatic carbocycles. The molecule has 2 aliphatic heterocycles. The number of rotatable bonds is 7. The highest BCUT2D eigenvalue weighted by Crippen LogP contribution is 2.25. The normalized spacial score (nSPS) is 16.4. The first-order valence-corrected chi connectivity index (χ1v) is 17.0. The predicted molar refractivity (Wildman–Crippen MR) is 200 cm³/mol. The molecule has 1 unspecified atom stereocenters. The van der Waals surface area contributed by atoms with E-state index in [1.807, 2.05) is 81.4 Å². The summed E-state index contributed by atoms with van der Waals surface area (Å²) in [7, 11) is 0. The van der Waals surface area contributed by atoms with Crippen LogP contribution in [0.5, 0.6) is 0 Å². The monoisotopic (exact) mass is 695 g/mol. The zero-order chi connectivity index (χ0) is 38.5. The molecule has 2 fully saturated rings. The van der Waals surface area contributed by atoms with Crippen LogP contribution in [0.1, 0.15) is 95.4 Å². The Morgan fingerprint density at radius 1 is 0.979 bits per heavy atom. The van der Waals surface area contributed by atoms with Gasteiger partial charge in [-0.05, 0) is 86.0 Å². The highest BCUT2D eigenvalue weighted by molar-refractivity contribution is 6.21. The van der Waals surface area contributed by atoms with Gasteiger partial charge >= 0.3 is 12.2 Å². The number of hydrogen-bond acceptors (Lipinski definition) is 5. The molecule has 2 atom stereocenters. The van der Waals surface area contributed by atoms with Crippen molar-refractivity contribution in [2.45, 2.75) is 112 Å². The Morgan fingerprint density at radius 3 is 1.85 bits per heavy atom. The minimum atomic E-state index is -0.635. The number of carbonyl (C=O) groups excluding carboxylic acids is 3. The SMILES string of the molecule is C#C.C#C.C/C=C\C(C)Cl.C=C(F)/C=C\C(=C/C)OC(=O)N(CC)[C@@H]1CCN(C(=O)C2CCN(C(=O)OC(C)(C)C)CC2)C1.CC.CC. The van der Waals surface area contributed by atoms with Crippen molar-refractivity contribution in [3.05, 3.63) is 48.5 Å². The summed E-state index contributed by atoms with van der Waals surface area (Å²) in [6.07, 6.45) is 24.9. The van der Waals surface area contributed by atoms with E-state index in [0.717, 1.165) is 6.08 Å². The Labute approximate surface area is 297 Å². The van der Waals surface area contributed by atoms with Crippen molar-refractivity contribution in [3.8, 4) is 25.7 Å². The van der Waals surface area contributed by atoms with Crippen LogP contribution in [0, 0.1) is 31.6 Å². The molecule has 2 saturated heterocycles. The average molecular weight is 696 g/mol. The smallest absolute Gasteiger partial charge is 0.415 e. The van der Waals surface area contributed by atoms with Gasteiger partial charge in [0.15, 0.2) is 0 Å². The molecule has 0 saturated carbocycles. The van der Waals surface area contributed by atoms with Gasteiger partial charge in [-0.3, -0.25) is 4.79 Å². The third kappa shape index (κ3) is 22.8. The molecule has 0 aromatic heterocycles. The first-order valence-electron chi connectivity index (χ1n) is 16.6. The number of alkyl halides is 1. The number of likely N-dealkylation sites (tertiary alicyclic amines) is 2. The van der Waals surface area contributed by atoms with Gasteiger partial charge in [0.1, 0.15) is 17.2 Å². The number of carbonyl (C=O) groups is 3. The molecular formula is C38H63ClFN3O5. The standard InChI is InChI=1S/C25H38FN3O5.C5H9Cl.2C2H6.2C2H2/c1-7-21(10-9-18(3)26)33-24(32)29(8-2)20-13-16-28(17-20)22(30)19-11-14-27(15-12-19)23(31)34-25(4,5)6;1-3-4-5(2)6;4*1-2/h7,9-10,19-20H,3,8,11-17H2,1-2,4-6H3;3-5H,1-2H3;2*1-2H3;2*1-2H/b10-9-,21-7+;4-3-;;;;/t20-;;;;;/m1...../s1. The Morgan fingerprint density at radius 2 is 1.48 bits per heavy atom. The lowest BCUT2D eigenvalue weighted by Gasteiger charge is -2.34. The van der Waals surface area contributed by atoms with Gasteiger partial charge in [0.2, 0.25) is 5.91 Å². The molecule has 2 heterocycles. The first kappa shape index (κ1) is 51.2. The Balaban J connectivity index is -0.000000595. The van der Waals surface area contributed by atoms with E-state index in [1.165, 1.54) is 6.08 Å². The number of amides is 3. The van der Waals surface area contributed by atoms with Gasteiger partial charge in [0.05, 0.1) is 6.04 Å². The molecule has 0 bridgehead atoms. The number of ether oxygens (including phenoxy) is 2.